The predicted molar refractivity (Wildman–Crippen MR) is 108 cm³/mol. The van der Waals surface area contributed by atoms with Crippen molar-refractivity contribution in [1.82, 2.24) is 14.5 Å². The zero-order valence-electron chi connectivity index (χ0n) is 17.1. The third kappa shape index (κ3) is 4.91. The summed E-state index contributed by atoms with van der Waals surface area (Å²) in [6.45, 7) is 9.47. The van der Waals surface area contributed by atoms with Crippen LogP contribution >= 0.6 is 0 Å². The van der Waals surface area contributed by atoms with Gasteiger partial charge in [-0.2, -0.15) is 4.31 Å². The number of carbonyl (C=O) groups excluding carboxylic acids is 2. The Bertz CT molecular complexity index is 797. The van der Waals surface area contributed by atoms with Crippen LogP contribution in [-0.4, -0.2) is 61.7 Å². The first-order valence-electron chi connectivity index (χ1n) is 9.92. The third-order valence-corrected chi connectivity index (χ3v) is 7.12. The van der Waals surface area contributed by atoms with Gasteiger partial charge in [-0.1, -0.05) is 33.8 Å². The molecule has 8 heteroatoms. The van der Waals surface area contributed by atoms with Crippen LogP contribution in [0, 0.1) is 5.92 Å². The van der Waals surface area contributed by atoms with E-state index in [-0.39, 0.29) is 22.3 Å². The highest BCUT2D eigenvalue weighted by Gasteiger charge is 2.30. The highest BCUT2D eigenvalue weighted by atomic mass is 32.2. The van der Waals surface area contributed by atoms with E-state index in [1.807, 2.05) is 13.8 Å². The minimum atomic E-state index is -3.65. The Hall–Kier alpha value is -1.93. The molecule has 0 unspecified atom stereocenters. The summed E-state index contributed by atoms with van der Waals surface area (Å²) in [6, 6.07) is 5.35. The number of amides is 2. The Morgan fingerprint density at radius 1 is 1.14 bits per heavy atom. The molecule has 1 aliphatic heterocycles. The molecule has 1 heterocycles. The largest absolute Gasteiger partial charge is 0.341 e. The van der Waals surface area contributed by atoms with Gasteiger partial charge in [0, 0.05) is 31.7 Å². The molecule has 0 aromatic heterocycles. The van der Waals surface area contributed by atoms with Gasteiger partial charge in [0.2, 0.25) is 15.9 Å². The van der Waals surface area contributed by atoms with Gasteiger partial charge >= 0.3 is 0 Å². The zero-order chi connectivity index (χ0) is 20.9. The van der Waals surface area contributed by atoms with Crippen molar-refractivity contribution in [2.24, 2.45) is 5.92 Å². The van der Waals surface area contributed by atoms with Crippen molar-refractivity contribution in [3.05, 3.63) is 29.8 Å². The number of sulfonamides is 1. The molecule has 0 radical (unpaired) electrons. The Labute approximate surface area is 168 Å². The first-order chi connectivity index (χ1) is 13.2. The van der Waals surface area contributed by atoms with Crippen LogP contribution in [0.1, 0.15) is 50.9 Å². The number of rotatable bonds is 8. The van der Waals surface area contributed by atoms with Gasteiger partial charge in [-0.15, -0.1) is 0 Å². The van der Waals surface area contributed by atoms with Gasteiger partial charge in [0.15, 0.2) is 0 Å². The normalized spacial score (nSPS) is 15.9. The first-order valence-corrected chi connectivity index (χ1v) is 11.4. The second-order valence-electron chi connectivity index (χ2n) is 7.34. The first kappa shape index (κ1) is 22.4. The van der Waals surface area contributed by atoms with Crippen molar-refractivity contribution in [3.8, 4) is 0 Å². The molecule has 1 fully saturated rings. The number of carbonyl (C=O) groups is 2. The smallest absolute Gasteiger partial charge is 0.251 e. The minimum absolute atomic E-state index is 0.0698. The Balaban J connectivity index is 2.22. The van der Waals surface area contributed by atoms with E-state index < -0.39 is 22.0 Å². The standard InChI is InChI=1S/C20H31N3O4S/c1-5-23(6-2)28(26,27)17-11-9-10-16(14-17)19(24)21-18(15(3)4)20(25)22-12-7-8-13-22/h9-11,14-15,18H,5-8,12-13H2,1-4H3,(H,21,24)/t18-/m0/s1. The number of hydrogen-bond donors (Lipinski definition) is 1. The van der Waals surface area contributed by atoms with E-state index in [4.69, 9.17) is 0 Å². The lowest BCUT2D eigenvalue weighted by Gasteiger charge is -2.26. The molecule has 0 aliphatic carbocycles. The number of nitrogens with zero attached hydrogens (tertiary/aromatic N) is 2. The molecule has 0 saturated carbocycles. The van der Waals surface area contributed by atoms with E-state index in [0.717, 1.165) is 25.9 Å². The molecule has 2 rings (SSSR count). The maximum atomic E-state index is 12.8. The Kier molecular flexibility index (Phi) is 7.60. The van der Waals surface area contributed by atoms with E-state index in [0.29, 0.717) is 13.1 Å². The van der Waals surface area contributed by atoms with Gasteiger partial charge in [-0.3, -0.25) is 9.59 Å². The average Bonchev–Trinajstić information content (AvgIpc) is 3.20. The Morgan fingerprint density at radius 3 is 2.29 bits per heavy atom. The summed E-state index contributed by atoms with van der Waals surface area (Å²) in [6.07, 6.45) is 1.96. The maximum Gasteiger partial charge on any atom is 0.251 e. The SMILES string of the molecule is CCN(CC)S(=O)(=O)c1cccc(C(=O)N[C@H](C(=O)N2CCCC2)C(C)C)c1. The summed E-state index contributed by atoms with van der Waals surface area (Å²) in [5.41, 5.74) is 0.230. The topological polar surface area (TPSA) is 86.8 Å². The van der Waals surface area contributed by atoms with Gasteiger partial charge in [0.1, 0.15) is 6.04 Å². The van der Waals surface area contributed by atoms with Gasteiger partial charge in [0.05, 0.1) is 4.90 Å². The molecule has 1 N–H and O–H groups in total. The number of likely N-dealkylation sites (tertiary alicyclic amines) is 1. The van der Waals surface area contributed by atoms with Crippen LogP contribution in [0.2, 0.25) is 0 Å². The van der Waals surface area contributed by atoms with Crippen LogP contribution in [0.3, 0.4) is 0 Å². The Morgan fingerprint density at radius 2 is 1.75 bits per heavy atom. The van der Waals surface area contributed by atoms with Crippen molar-refractivity contribution in [3.63, 3.8) is 0 Å². The van der Waals surface area contributed by atoms with Crippen LogP contribution in [0.15, 0.2) is 29.2 Å². The fourth-order valence-electron chi connectivity index (χ4n) is 3.38. The molecule has 0 spiro atoms. The molecule has 1 aromatic carbocycles. The second kappa shape index (κ2) is 9.52. The summed E-state index contributed by atoms with van der Waals surface area (Å²) in [4.78, 5) is 27.4. The fourth-order valence-corrected chi connectivity index (χ4v) is 4.89. The van der Waals surface area contributed by atoms with Crippen LogP contribution in [0.4, 0.5) is 0 Å². The molecule has 28 heavy (non-hydrogen) atoms. The van der Waals surface area contributed by atoms with Gasteiger partial charge in [-0.05, 0) is 37.0 Å². The molecule has 0 bridgehead atoms. The highest BCUT2D eigenvalue weighted by Crippen LogP contribution is 2.18. The lowest BCUT2D eigenvalue weighted by Crippen LogP contribution is -2.50. The number of nitrogens with one attached hydrogen (secondary N) is 1. The van der Waals surface area contributed by atoms with E-state index in [2.05, 4.69) is 5.32 Å². The van der Waals surface area contributed by atoms with Gasteiger partial charge < -0.3 is 10.2 Å². The molecule has 1 atom stereocenters. The predicted octanol–water partition coefficient (Wildman–Crippen LogP) is 2.09. The lowest BCUT2D eigenvalue weighted by atomic mass is 10.0. The van der Waals surface area contributed by atoms with Crippen LogP contribution in [-0.2, 0) is 14.8 Å². The van der Waals surface area contributed by atoms with Crippen molar-refractivity contribution < 1.29 is 18.0 Å². The molecule has 1 aliphatic rings. The van der Waals surface area contributed by atoms with Crippen molar-refractivity contribution in [1.29, 1.82) is 0 Å². The monoisotopic (exact) mass is 409 g/mol. The van der Waals surface area contributed by atoms with Crippen molar-refractivity contribution in [2.75, 3.05) is 26.2 Å². The van der Waals surface area contributed by atoms with Gasteiger partial charge in [0.25, 0.3) is 5.91 Å². The summed E-state index contributed by atoms with van der Waals surface area (Å²) < 4.78 is 26.8. The molecule has 156 valence electrons. The number of benzene rings is 1. The molecular formula is C20H31N3O4S. The van der Waals surface area contributed by atoms with E-state index in [9.17, 15) is 18.0 Å². The quantitative estimate of drug-likeness (QED) is 0.712. The molecule has 1 aromatic rings. The molecule has 1 saturated heterocycles. The van der Waals surface area contributed by atoms with Crippen molar-refractivity contribution in [2.45, 2.75) is 51.5 Å². The van der Waals surface area contributed by atoms with Crippen LogP contribution < -0.4 is 5.32 Å². The zero-order valence-corrected chi connectivity index (χ0v) is 18.0. The maximum absolute atomic E-state index is 12.8. The van der Waals surface area contributed by atoms with E-state index in [1.165, 1.54) is 16.4 Å². The van der Waals surface area contributed by atoms with Crippen molar-refractivity contribution >= 4 is 21.8 Å². The number of hydrogen-bond acceptors (Lipinski definition) is 4. The fraction of sp³-hybridized carbons (Fsp3) is 0.600. The summed E-state index contributed by atoms with van der Waals surface area (Å²) >= 11 is 0. The minimum Gasteiger partial charge on any atom is -0.341 e. The molecule has 7 nitrogen and oxygen atoms in total. The second-order valence-corrected chi connectivity index (χ2v) is 9.28. The van der Waals surface area contributed by atoms with Crippen LogP contribution in [0.5, 0.6) is 0 Å². The van der Waals surface area contributed by atoms with E-state index >= 15 is 0 Å². The highest BCUT2D eigenvalue weighted by molar-refractivity contribution is 7.89. The third-order valence-electron chi connectivity index (χ3n) is 5.08. The van der Waals surface area contributed by atoms with Crippen LogP contribution in [0.25, 0.3) is 0 Å². The van der Waals surface area contributed by atoms with E-state index in [1.54, 1.807) is 30.9 Å². The summed E-state index contributed by atoms with van der Waals surface area (Å²) in [5, 5.41) is 2.81. The molecule has 2 amide bonds. The summed E-state index contributed by atoms with van der Waals surface area (Å²) in [5.74, 6) is -0.588. The molecular weight excluding hydrogens is 378 g/mol. The average molecular weight is 410 g/mol. The lowest BCUT2D eigenvalue weighted by molar-refractivity contribution is -0.133. The summed E-state index contributed by atoms with van der Waals surface area (Å²) in [7, 11) is -3.65. The van der Waals surface area contributed by atoms with Gasteiger partial charge in [-0.25, -0.2) is 8.42 Å².